The number of H-pyrrole nitrogens is 1. The maximum absolute atomic E-state index is 12.5. The van der Waals surface area contributed by atoms with Gasteiger partial charge in [0.2, 0.25) is 5.78 Å². The highest BCUT2D eigenvalue weighted by atomic mass is 32.2. The summed E-state index contributed by atoms with van der Waals surface area (Å²) in [7, 11) is 0. The van der Waals surface area contributed by atoms with Gasteiger partial charge >= 0.3 is 6.18 Å². The monoisotopic (exact) mass is 381 g/mol. The number of hydrogen-bond acceptors (Lipinski definition) is 6. The van der Waals surface area contributed by atoms with E-state index in [0.29, 0.717) is 9.99 Å². The van der Waals surface area contributed by atoms with Crippen LogP contribution in [0.5, 0.6) is 0 Å². The van der Waals surface area contributed by atoms with E-state index in [2.05, 4.69) is 15.2 Å². The number of alkyl halides is 3. The molecule has 3 aromatic rings. The molecule has 0 bridgehead atoms. The number of nitrogens with zero attached hydrogens (tertiary/aromatic N) is 2. The van der Waals surface area contributed by atoms with E-state index in [9.17, 15) is 23.1 Å². The van der Waals surface area contributed by atoms with Gasteiger partial charge in [-0.05, 0) is 24.3 Å². The summed E-state index contributed by atoms with van der Waals surface area (Å²) >= 11 is 1.08. The smallest absolute Gasteiger partial charge is 0.416 e. The number of allylic oxidation sites excluding steroid dienone is 1. The predicted molar refractivity (Wildman–Crippen MR) is 85.6 cm³/mol. The quantitative estimate of drug-likeness (QED) is 0.388. The van der Waals surface area contributed by atoms with Gasteiger partial charge in [-0.3, -0.25) is 9.89 Å². The number of nitrogens with one attached hydrogen (secondary N) is 1. The van der Waals surface area contributed by atoms with Crippen molar-refractivity contribution in [2.24, 2.45) is 0 Å². The van der Waals surface area contributed by atoms with E-state index in [-0.39, 0.29) is 17.1 Å². The average Bonchev–Trinajstić information content (AvgIpc) is 3.26. The molecule has 0 amide bonds. The molecule has 6 nitrogen and oxygen atoms in total. The number of aliphatic hydroxyl groups is 1. The fraction of sp³-hybridized carbons (Fsp3) is 0.0625. The minimum absolute atomic E-state index is 0.0283. The molecule has 2 heterocycles. The Morgan fingerprint density at radius 1 is 1.27 bits per heavy atom. The largest absolute Gasteiger partial charge is 0.507 e. The number of benzene rings is 1. The molecule has 10 heteroatoms. The lowest BCUT2D eigenvalue weighted by atomic mass is 10.2. The van der Waals surface area contributed by atoms with E-state index >= 15 is 0 Å². The number of hydrogen-bond donors (Lipinski definition) is 2. The molecule has 0 spiro atoms. The Morgan fingerprint density at radius 3 is 2.62 bits per heavy atom. The standard InChI is InChI=1S/C16H10F3N3O3S/c17-16(18,19)10-1-3-11(4-2-10)26-14-5-9(7-25-14)12(23)6-13(24)15-20-8-21-22-15/h1-8,23H,(H,20,21,22). The van der Waals surface area contributed by atoms with Crippen LogP contribution < -0.4 is 0 Å². The van der Waals surface area contributed by atoms with Crippen molar-refractivity contribution in [1.29, 1.82) is 0 Å². The van der Waals surface area contributed by atoms with Gasteiger partial charge in [-0.15, -0.1) is 0 Å². The molecule has 0 radical (unpaired) electrons. The Balaban J connectivity index is 1.70. The third kappa shape index (κ3) is 4.14. The molecule has 3 rings (SSSR count). The number of furan rings is 1. The van der Waals surface area contributed by atoms with Crippen molar-refractivity contribution in [2.75, 3.05) is 0 Å². The van der Waals surface area contributed by atoms with E-state index < -0.39 is 17.5 Å². The molecule has 0 aliphatic heterocycles. The summed E-state index contributed by atoms with van der Waals surface area (Å²) < 4.78 is 42.9. The van der Waals surface area contributed by atoms with Gasteiger partial charge in [0.1, 0.15) is 18.3 Å². The van der Waals surface area contributed by atoms with Gasteiger partial charge in [0.15, 0.2) is 10.9 Å². The molecule has 0 fully saturated rings. The lowest BCUT2D eigenvalue weighted by Crippen LogP contribution is -2.03. The Kier molecular flexibility index (Phi) is 4.85. The lowest BCUT2D eigenvalue weighted by Gasteiger charge is -2.06. The minimum Gasteiger partial charge on any atom is -0.507 e. The fourth-order valence-corrected chi connectivity index (χ4v) is 2.72. The maximum Gasteiger partial charge on any atom is 0.416 e. The van der Waals surface area contributed by atoms with Gasteiger partial charge in [-0.2, -0.15) is 18.3 Å². The van der Waals surface area contributed by atoms with E-state index in [1.807, 2.05) is 0 Å². The molecule has 2 N–H and O–H groups in total. The third-order valence-electron chi connectivity index (χ3n) is 3.19. The number of carbonyl (C=O) groups excluding carboxylic acids is 1. The maximum atomic E-state index is 12.5. The minimum atomic E-state index is -4.40. The number of rotatable bonds is 5. The van der Waals surface area contributed by atoms with Crippen LogP contribution in [0.3, 0.4) is 0 Å². The topological polar surface area (TPSA) is 92.0 Å². The highest BCUT2D eigenvalue weighted by molar-refractivity contribution is 7.99. The van der Waals surface area contributed by atoms with Crippen molar-refractivity contribution in [3.05, 3.63) is 65.9 Å². The number of ketones is 1. The number of carbonyl (C=O) groups is 1. The molecule has 0 aliphatic carbocycles. The van der Waals surface area contributed by atoms with E-state index in [1.165, 1.54) is 24.5 Å². The van der Waals surface area contributed by atoms with E-state index in [0.717, 1.165) is 36.3 Å². The normalized spacial score (nSPS) is 12.3. The second-order valence-corrected chi connectivity index (χ2v) is 6.08. The van der Waals surface area contributed by atoms with Crippen molar-refractivity contribution < 1.29 is 27.5 Å². The zero-order valence-corrected chi connectivity index (χ0v) is 13.6. The molecular formula is C16H10F3N3O3S. The summed E-state index contributed by atoms with van der Waals surface area (Å²) in [4.78, 5) is 16.0. The zero-order chi connectivity index (χ0) is 18.7. The van der Waals surface area contributed by atoms with Crippen LogP contribution >= 0.6 is 11.8 Å². The van der Waals surface area contributed by atoms with Crippen LogP contribution in [-0.2, 0) is 6.18 Å². The van der Waals surface area contributed by atoms with E-state index in [4.69, 9.17) is 4.42 Å². The highest BCUT2D eigenvalue weighted by Gasteiger charge is 2.30. The molecular weight excluding hydrogens is 371 g/mol. The molecule has 0 aliphatic rings. The first-order valence-electron chi connectivity index (χ1n) is 7.07. The molecule has 0 atom stereocenters. The first-order chi connectivity index (χ1) is 12.3. The van der Waals surface area contributed by atoms with Crippen LogP contribution in [0.4, 0.5) is 13.2 Å². The van der Waals surface area contributed by atoms with Gasteiger partial charge in [0.25, 0.3) is 0 Å². The van der Waals surface area contributed by atoms with Crippen molar-refractivity contribution >= 4 is 23.3 Å². The molecule has 0 saturated heterocycles. The molecule has 0 unspecified atom stereocenters. The van der Waals surface area contributed by atoms with Gasteiger partial charge in [0, 0.05) is 17.0 Å². The van der Waals surface area contributed by atoms with Gasteiger partial charge in [-0.25, -0.2) is 4.98 Å². The van der Waals surface area contributed by atoms with Gasteiger partial charge in [0.05, 0.1) is 11.1 Å². The predicted octanol–water partition coefficient (Wildman–Crippen LogP) is 4.35. The van der Waals surface area contributed by atoms with Crippen LogP contribution in [0, 0.1) is 0 Å². The summed E-state index contributed by atoms with van der Waals surface area (Å²) in [5.41, 5.74) is -0.499. The lowest BCUT2D eigenvalue weighted by molar-refractivity contribution is -0.137. The summed E-state index contributed by atoms with van der Waals surface area (Å²) in [6.07, 6.45) is -1.05. The number of halogens is 3. The van der Waals surface area contributed by atoms with Crippen molar-refractivity contribution in [3.63, 3.8) is 0 Å². The molecule has 0 saturated carbocycles. The van der Waals surface area contributed by atoms with Crippen LogP contribution in [0.1, 0.15) is 21.7 Å². The van der Waals surface area contributed by atoms with Crippen LogP contribution in [0.15, 0.2) is 63.4 Å². The molecule has 2 aromatic heterocycles. The summed E-state index contributed by atoms with van der Waals surface area (Å²) in [5, 5.41) is 16.2. The number of aromatic nitrogens is 3. The first-order valence-corrected chi connectivity index (χ1v) is 7.89. The molecule has 1 aromatic carbocycles. The number of aromatic amines is 1. The van der Waals surface area contributed by atoms with Crippen molar-refractivity contribution in [2.45, 2.75) is 16.2 Å². The van der Waals surface area contributed by atoms with Crippen LogP contribution in [0.2, 0.25) is 0 Å². The summed E-state index contributed by atoms with van der Waals surface area (Å²) in [5.74, 6) is -0.938. The molecule has 26 heavy (non-hydrogen) atoms. The third-order valence-corrected chi connectivity index (χ3v) is 4.11. The Hall–Kier alpha value is -3.01. The Labute approximate surface area is 148 Å². The Morgan fingerprint density at radius 2 is 2.00 bits per heavy atom. The van der Waals surface area contributed by atoms with E-state index in [1.54, 1.807) is 0 Å². The van der Waals surface area contributed by atoms with Crippen molar-refractivity contribution in [3.8, 4) is 0 Å². The zero-order valence-electron chi connectivity index (χ0n) is 12.8. The second-order valence-electron chi connectivity index (χ2n) is 5.01. The van der Waals surface area contributed by atoms with Crippen LogP contribution in [-0.4, -0.2) is 26.1 Å². The summed E-state index contributed by atoms with van der Waals surface area (Å²) in [6.45, 7) is 0. The second kappa shape index (κ2) is 7.08. The fourth-order valence-electron chi connectivity index (χ4n) is 1.93. The average molecular weight is 381 g/mol. The SMILES string of the molecule is O=C(C=C(O)c1coc(Sc2ccc(C(F)(F)F)cc2)c1)c1ncn[nH]1. The van der Waals surface area contributed by atoms with Gasteiger partial charge < -0.3 is 9.52 Å². The molecule has 134 valence electrons. The highest BCUT2D eigenvalue weighted by Crippen LogP contribution is 2.34. The first kappa shape index (κ1) is 17.8. The van der Waals surface area contributed by atoms with Gasteiger partial charge in [-0.1, -0.05) is 11.8 Å². The number of aliphatic hydroxyl groups excluding tert-OH is 1. The van der Waals surface area contributed by atoms with Crippen molar-refractivity contribution in [1.82, 2.24) is 15.2 Å². The summed E-state index contributed by atoms with van der Waals surface area (Å²) in [6, 6.07) is 6.04. The Bertz CT molecular complexity index is 932. The van der Waals surface area contributed by atoms with Crippen LogP contribution in [0.25, 0.3) is 5.76 Å².